The highest BCUT2D eigenvalue weighted by atomic mass is 16.6. The lowest BCUT2D eigenvalue weighted by molar-refractivity contribution is -0.248. The maximum absolute atomic E-state index is 10.3. The van der Waals surface area contributed by atoms with Gasteiger partial charge in [-0.1, -0.05) is 0 Å². The van der Waals surface area contributed by atoms with Crippen LogP contribution in [0.2, 0.25) is 0 Å². The van der Waals surface area contributed by atoms with Gasteiger partial charge in [-0.05, 0) is 0 Å². The van der Waals surface area contributed by atoms with Crippen LogP contribution in [0, 0.1) is 0 Å². The summed E-state index contributed by atoms with van der Waals surface area (Å²) in [5, 5.41) is 80.0. The Morgan fingerprint density at radius 3 is 1.92 bits per heavy atom. The van der Waals surface area contributed by atoms with Crippen molar-refractivity contribution < 1.29 is 55.5 Å². The van der Waals surface area contributed by atoms with Crippen molar-refractivity contribution in [3.8, 4) is 0 Å². The van der Waals surface area contributed by atoms with Crippen molar-refractivity contribution in [2.24, 2.45) is 11.5 Å². The number of hydrogen-bond donors (Lipinski definition) is 11. The van der Waals surface area contributed by atoms with Gasteiger partial charge in [0.25, 0.3) is 0 Å². The molecule has 1 saturated heterocycles. The number of rotatable bonds is 6. The van der Waals surface area contributed by atoms with Crippen molar-refractivity contribution in [2.45, 2.75) is 55.1 Å². The van der Waals surface area contributed by atoms with Crippen LogP contribution in [-0.2, 0) is 9.53 Å². The normalized spacial score (nSPS) is 34.2. The largest absolute Gasteiger partial charge is 0.394 e. The molecule has 0 radical (unpaired) electrons. The van der Waals surface area contributed by atoms with Gasteiger partial charge in [0, 0.05) is 0 Å². The summed E-state index contributed by atoms with van der Waals surface area (Å²) in [6.07, 6.45) is -12.2. The van der Waals surface area contributed by atoms with Gasteiger partial charge in [-0.2, -0.15) is 0 Å². The van der Waals surface area contributed by atoms with Crippen molar-refractivity contribution in [1.82, 2.24) is 0 Å². The number of ether oxygens (including phenoxy) is 1. The van der Waals surface area contributed by atoms with Gasteiger partial charge in [0.05, 0.1) is 19.3 Å². The van der Waals surface area contributed by atoms with E-state index in [0.717, 1.165) is 0 Å². The molecule has 0 aromatic rings. The Bertz CT molecular complexity index is 397. The number of carbonyl (C=O) groups excluding carboxylic acids is 1. The fourth-order valence-corrected chi connectivity index (χ4v) is 1.81. The molecule has 1 aliphatic rings. The van der Waals surface area contributed by atoms with E-state index in [9.17, 15) is 15.0 Å². The Labute approximate surface area is 142 Å². The standard InChI is InChI=1S/C6H13NO6.C6H13NO5/c7-6(13)5(12)4(11)3(10)2(9)1-8;7-3-5(10)4(9)2(1-8)12-6(3)11/h2-5,8-12H,1H2,(H2,7,13);2-6,8-11H,1,7H2/t2-,3-,4+,5-;2-,3-,4-,5-,6?/m11/s1. The van der Waals surface area contributed by atoms with Crippen molar-refractivity contribution in [1.29, 1.82) is 0 Å². The first-order chi connectivity index (χ1) is 11.5. The zero-order valence-corrected chi connectivity index (χ0v) is 13.1. The molecule has 1 fully saturated rings. The number of nitrogens with two attached hydrogens (primary N) is 2. The quantitative estimate of drug-likeness (QED) is 0.207. The Hall–Kier alpha value is -0.970. The zero-order valence-electron chi connectivity index (χ0n) is 13.1. The van der Waals surface area contributed by atoms with Crippen LogP contribution in [0.4, 0.5) is 0 Å². The molecule has 0 spiro atoms. The average Bonchev–Trinajstić information content (AvgIpc) is 2.60. The Balaban J connectivity index is 0.000000462. The second kappa shape index (κ2) is 10.9. The predicted molar refractivity (Wildman–Crippen MR) is 78.3 cm³/mol. The molecule has 0 aromatic heterocycles. The minimum Gasteiger partial charge on any atom is -0.394 e. The summed E-state index contributed by atoms with van der Waals surface area (Å²) in [5.41, 5.74) is 9.87. The first-order valence-electron chi connectivity index (χ1n) is 7.18. The van der Waals surface area contributed by atoms with E-state index in [1.54, 1.807) is 0 Å². The van der Waals surface area contributed by atoms with E-state index in [-0.39, 0.29) is 0 Å². The Kier molecular flexibility index (Phi) is 10.5. The summed E-state index contributed by atoms with van der Waals surface area (Å²) < 4.78 is 4.70. The van der Waals surface area contributed by atoms with E-state index in [1.807, 2.05) is 0 Å². The fraction of sp³-hybridized carbons (Fsp3) is 0.917. The third kappa shape index (κ3) is 6.69. The monoisotopic (exact) mass is 374 g/mol. The molecule has 1 aliphatic heterocycles. The molecule has 1 unspecified atom stereocenters. The van der Waals surface area contributed by atoms with E-state index in [4.69, 9.17) is 46.2 Å². The average molecular weight is 374 g/mol. The maximum atomic E-state index is 10.3. The lowest BCUT2D eigenvalue weighted by atomic mass is 9.98. The summed E-state index contributed by atoms with van der Waals surface area (Å²) in [5.74, 6) is -1.23. The third-order valence-electron chi connectivity index (χ3n) is 3.49. The fourth-order valence-electron chi connectivity index (χ4n) is 1.81. The minimum absolute atomic E-state index is 0.470. The van der Waals surface area contributed by atoms with Crippen LogP contribution in [0.15, 0.2) is 0 Å². The molecule has 25 heavy (non-hydrogen) atoms. The highest BCUT2D eigenvalue weighted by Crippen LogP contribution is 2.17. The topological polar surface area (TPSA) is 260 Å². The van der Waals surface area contributed by atoms with Crippen molar-refractivity contribution >= 4 is 5.91 Å². The molecule has 0 aliphatic carbocycles. The smallest absolute Gasteiger partial charge is 0.249 e. The molecular weight excluding hydrogens is 348 g/mol. The van der Waals surface area contributed by atoms with Crippen LogP contribution < -0.4 is 11.5 Å². The molecule has 1 amide bonds. The van der Waals surface area contributed by atoms with Gasteiger partial charge in [0.15, 0.2) is 12.4 Å². The molecule has 150 valence electrons. The van der Waals surface area contributed by atoms with Crippen LogP contribution >= 0.6 is 0 Å². The van der Waals surface area contributed by atoms with Crippen molar-refractivity contribution in [3.05, 3.63) is 0 Å². The predicted octanol–water partition coefficient (Wildman–Crippen LogP) is -7.35. The third-order valence-corrected chi connectivity index (χ3v) is 3.49. The number of aliphatic hydroxyl groups is 9. The van der Waals surface area contributed by atoms with Gasteiger partial charge in [-0.15, -0.1) is 0 Å². The van der Waals surface area contributed by atoms with Gasteiger partial charge in [0.2, 0.25) is 5.91 Å². The number of aliphatic hydroxyl groups excluding tert-OH is 9. The number of primary amides is 1. The van der Waals surface area contributed by atoms with Crippen LogP contribution in [0.3, 0.4) is 0 Å². The van der Waals surface area contributed by atoms with E-state index in [2.05, 4.69) is 5.73 Å². The Morgan fingerprint density at radius 1 is 1.00 bits per heavy atom. The first kappa shape index (κ1) is 24.0. The van der Waals surface area contributed by atoms with Crippen molar-refractivity contribution in [2.75, 3.05) is 13.2 Å². The molecule has 1 rings (SSSR count). The van der Waals surface area contributed by atoms with Crippen molar-refractivity contribution in [3.63, 3.8) is 0 Å². The van der Waals surface area contributed by atoms with E-state index in [1.165, 1.54) is 0 Å². The summed E-state index contributed by atoms with van der Waals surface area (Å²) in [7, 11) is 0. The zero-order chi connectivity index (χ0) is 19.9. The van der Waals surface area contributed by atoms with Gasteiger partial charge in [-0.25, -0.2) is 0 Å². The number of amides is 1. The summed E-state index contributed by atoms with van der Waals surface area (Å²) in [6, 6.07) is -1.04. The molecular formula is C12H26N2O11. The molecule has 13 N–H and O–H groups in total. The van der Waals surface area contributed by atoms with Gasteiger partial charge in [0.1, 0.15) is 36.6 Å². The van der Waals surface area contributed by atoms with E-state index >= 15 is 0 Å². The molecule has 13 heteroatoms. The Morgan fingerprint density at radius 2 is 1.52 bits per heavy atom. The molecule has 0 aromatic carbocycles. The highest BCUT2D eigenvalue weighted by Gasteiger charge is 2.41. The van der Waals surface area contributed by atoms with E-state index < -0.39 is 74.2 Å². The molecule has 1 heterocycles. The molecule has 9 atom stereocenters. The SMILES string of the molecule is NC(=O)[C@H](O)[C@@H](O)[C@H](O)[C@H](O)CO.N[C@H]1C(O)O[C@H](CO)[C@@H](O)[C@@H]1O. The van der Waals surface area contributed by atoms with Crippen LogP contribution in [0.25, 0.3) is 0 Å². The maximum Gasteiger partial charge on any atom is 0.249 e. The molecule has 0 bridgehead atoms. The lowest BCUT2D eigenvalue weighted by Gasteiger charge is -2.38. The molecule has 13 nitrogen and oxygen atoms in total. The first-order valence-corrected chi connectivity index (χ1v) is 7.18. The van der Waals surface area contributed by atoms with Crippen LogP contribution in [-0.4, -0.2) is 120 Å². The number of hydrogen-bond acceptors (Lipinski definition) is 12. The van der Waals surface area contributed by atoms with Gasteiger partial charge >= 0.3 is 0 Å². The minimum atomic E-state index is -1.98. The lowest BCUT2D eigenvalue weighted by Crippen LogP contribution is -2.61. The summed E-state index contributed by atoms with van der Waals surface area (Å²) in [6.45, 7) is -1.27. The number of carbonyl (C=O) groups is 1. The second-order valence-electron chi connectivity index (χ2n) is 5.38. The summed E-state index contributed by atoms with van der Waals surface area (Å²) >= 11 is 0. The van der Waals surface area contributed by atoms with Crippen LogP contribution in [0.1, 0.15) is 0 Å². The van der Waals surface area contributed by atoms with Gasteiger partial charge < -0.3 is 62.2 Å². The van der Waals surface area contributed by atoms with Crippen LogP contribution in [0.5, 0.6) is 0 Å². The molecule has 0 saturated carbocycles. The summed E-state index contributed by atoms with van der Waals surface area (Å²) in [4.78, 5) is 10.3. The van der Waals surface area contributed by atoms with Gasteiger partial charge in [-0.3, -0.25) is 4.79 Å². The second-order valence-corrected chi connectivity index (χ2v) is 5.38. The highest BCUT2D eigenvalue weighted by molar-refractivity contribution is 5.79. The van der Waals surface area contributed by atoms with E-state index in [0.29, 0.717) is 0 Å².